The molecular formula is C8H13NO. The zero-order valence-electron chi connectivity index (χ0n) is 6.10. The lowest BCUT2D eigenvalue weighted by Crippen LogP contribution is -2.31. The molecular weight excluding hydrogens is 126 g/mol. The van der Waals surface area contributed by atoms with Gasteiger partial charge >= 0.3 is 0 Å². The molecule has 0 aromatic rings. The van der Waals surface area contributed by atoms with Crippen LogP contribution < -0.4 is 5.32 Å². The van der Waals surface area contributed by atoms with Crippen molar-refractivity contribution in [2.75, 3.05) is 6.54 Å². The Balaban J connectivity index is 1.90. The normalized spacial score (nSPS) is 32.6. The van der Waals surface area contributed by atoms with Crippen LogP contribution in [0.15, 0.2) is 0 Å². The van der Waals surface area contributed by atoms with Crippen LogP contribution in [-0.2, 0) is 4.79 Å². The third-order valence-electron chi connectivity index (χ3n) is 2.38. The molecule has 2 aliphatic rings. The maximum absolute atomic E-state index is 11.3. The highest BCUT2D eigenvalue weighted by atomic mass is 16.1. The summed E-state index contributed by atoms with van der Waals surface area (Å²) in [5.74, 6) is 0.924. The highest BCUT2D eigenvalue weighted by Crippen LogP contribution is 2.32. The lowest BCUT2D eigenvalue weighted by molar-refractivity contribution is -0.121. The lowest BCUT2D eigenvalue weighted by atomic mass is 10.1. The Labute approximate surface area is 61.0 Å². The second-order valence-electron chi connectivity index (χ2n) is 3.33. The summed E-state index contributed by atoms with van der Waals surface area (Å²) in [6.45, 7) is 1.04. The van der Waals surface area contributed by atoms with E-state index < -0.39 is 0 Å². The molecule has 0 amide bonds. The summed E-state index contributed by atoms with van der Waals surface area (Å²) in [6.07, 6.45) is 4.56. The van der Waals surface area contributed by atoms with E-state index in [1.165, 1.54) is 6.42 Å². The summed E-state index contributed by atoms with van der Waals surface area (Å²) >= 11 is 0. The number of nitrogens with one attached hydrogen (secondary N) is 1. The van der Waals surface area contributed by atoms with Crippen LogP contribution in [-0.4, -0.2) is 18.4 Å². The second-order valence-corrected chi connectivity index (χ2v) is 3.33. The van der Waals surface area contributed by atoms with Crippen LogP contribution in [0.3, 0.4) is 0 Å². The first-order chi connectivity index (χ1) is 4.88. The van der Waals surface area contributed by atoms with Gasteiger partial charge in [0.25, 0.3) is 0 Å². The van der Waals surface area contributed by atoms with Crippen LogP contribution in [0, 0.1) is 5.92 Å². The molecule has 0 aromatic carbocycles. The Morgan fingerprint density at radius 1 is 1.30 bits per heavy atom. The summed E-state index contributed by atoms with van der Waals surface area (Å²) in [4.78, 5) is 11.3. The molecule has 0 aromatic heterocycles. The molecule has 1 heterocycles. The molecule has 2 heteroatoms. The van der Waals surface area contributed by atoms with E-state index in [4.69, 9.17) is 0 Å². The van der Waals surface area contributed by atoms with Gasteiger partial charge in [-0.25, -0.2) is 0 Å². The number of rotatable bonds is 2. The molecule has 1 N–H and O–H groups in total. The van der Waals surface area contributed by atoms with Gasteiger partial charge in [-0.2, -0.15) is 0 Å². The number of ketones is 1. The van der Waals surface area contributed by atoms with Gasteiger partial charge in [0.2, 0.25) is 0 Å². The topological polar surface area (TPSA) is 29.1 Å². The van der Waals surface area contributed by atoms with E-state index >= 15 is 0 Å². The maximum atomic E-state index is 11.3. The molecule has 0 bridgehead atoms. The van der Waals surface area contributed by atoms with Gasteiger partial charge in [0.1, 0.15) is 0 Å². The summed E-state index contributed by atoms with van der Waals surface area (Å²) in [6, 6.07) is 0.229. The molecule has 2 nitrogen and oxygen atoms in total. The van der Waals surface area contributed by atoms with Crippen molar-refractivity contribution in [2.45, 2.75) is 31.7 Å². The Hall–Kier alpha value is -0.370. The highest BCUT2D eigenvalue weighted by Gasteiger charge is 2.35. The van der Waals surface area contributed by atoms with Crippen LogP contribution in [0.2, 0.25) is 0 Å². The van der Waals surface area contributed by atoms with Crippen molar-refractivity contribution in [3.8, 4) is 0 Å². The van der Waals surface area contributed by atoms with E-state index in [0.29, 0.717) is 11.7 Å². The lowest BCUT2D eigenvalue weighted by Gasteiger charge is -2.05. The molecule has 1 aliphatic carbocycles. The van der Waals surface area contributed by atoms with Crippen molar-refractivity contribution in [3.63, 3.8) is 0 Å². The Kier molecular flexibility index (Phi) is 1.49. The average molecular weight is 139 g/mol. The largest absolute Gasteiger partial charge is 0.307 e. The van der Waals surface area contributed by atoms with Gasteiger partial charge in [0, 0.05) is 5.92 Å². The Bertz CT molecular complexity index is 145. The molecule has 2 fully saturated rings. The predicted molar refractivity (Wildman–Crippen MR) is 38.8 cm³/mol. The minimum Gasteiger partial charge on any atom is -0.307 e. The third kappa shape index (κ3) is 1.08. The summed E-state index contributed by atoms with van der Waals surface area (Å²) in [5.41, 5.74) is 0. The van der Waals surface area contributed by atoms with Crippen LogP contribution >= 0.6 is 0 Å². The van der Waals surface area contributed by atoms with Crippen molar-refractivity contribution in [1.29, 1.82) is 0 Å². The monoisotopic (exact) mass is 139 g/mol. The first-order valence-corrected chi connectivity index (χ1v) is 4.15. The zero-order chi connectivity index (χ0) is 6.97. The van der Waals surface area contributed by atoms with E-state index in [1.807, 2.05) is 0 Å². The first kappa shape index (κ1) is 6.35. The van der Waals surface area contributed by atoms with Crippen LogP contribution in [0.25, 0.3) is 0 Å². The van der Waals surface area contributed by atoms with Gasteiger partial charge in [-0.15, -0.1) is 0 Å². The number of hydrogen-bond acceptors (Lipinski definition) is 2. The summed E-state index contributed by atoms with van der Waals surface area (Å²) in [5, 5.41) is 3.23. The quantitative estimate of drug-likeness (QED) is 0.610. The van der Waals surface area contributed by atoms with Gasteiger partial charge in [0.05, 0.1) is 6.04 Å². The standard InChI is InChI=1S/C8H13NO/c10-8(6-3-4-6)7-2-1-5-9-7/h6-7,9H,1-5H2/t7-/m1/s1. The minimum atomic E-state index is 0.229. The van der Waals surface area contributed by atoms with E-state index in [0.717, 1.165) is 25.8 Å². The smallest absolute Gasteiger partial charge is 0.152 e. The predicted octanol–water partition coefficient (Wildman–Crippen LogP) is 0.718. The molecule has 0 unspecified atom stereocenters. The van der Waals surface area contributed by atoms with Crippen LogP contribution in [0.4, 0.5) is 0 Å². The maximum Gasteiger partial charge on any atom is 0.152 e. The molecule has 1 saturated carbocycles. The van der Waals surface area contributed by atoms with Gasteiger partial charge in [-0.1, -0.05) is 0 Å². The Morgan fingerprint density at radius 3 is 2.60 bits per heavy atom. The van der Waals surface area contributed by atoms with E-state index in [1.54, 1.807) is 0 Å². The molecule has 56 valence electrons. The minimum absolute atomic E-state index is 0.229. The third-order valence-corrected chi connectivity index (χ3v) is 2.38. The summed E-state index contributed by atoms with van der Waals surface area (Å²) in [7, 11) is 0. The fourth-order valence-electron chi connectivity index (χ4n) is 1.58. The average Bonchev–Trinajstić information content (AvgIpc) is 2.65. The van der Waals surface area contributed by atoms with Crippen molar-refractivity contribution in [3.05, 3.63) is 0 Å². The zero-order valence-corrected chi connectivity index (χ0v) is 6.10. The van der Waals surface area contributed by atoms with Crippen molar-refractivity contribution < 1.29 is 4.79 Å². The number of Topliss-reactive ketones (excluding diaryl/α,β-unsaturated/α-hetero) is 1. The molecule has 1 atom stereocenters. The van der Waals surface area contributed by atoms with E-state index in [2.05, 4.69) is 5.32 Å². The van der Waals surface area contributed by atoms with Gasteiger partial charge in [-0.3, -0.25) is 4.79 Å². The fraction of sp³-hybridized carbons (Fsp3) is 0.875. The summed E-state index contributed by atoms with van der Waals surface area (Å²) < 4.78 is 0. The van der Waals surface area contributed by atoms with Crippen molar-refractivity contribution in [2.24, 2.45) is 5.92 Å². The number of hydrogen-bond donors (Lipinski definition) is 1. The van der Waals surface area contributed by atoms with Crippen LogP contribution in [0.5, 0.6) is 0 Å². The van der Waals surface area contributed by atoms with E-state index in [-0.39, 0.29) is 6.04 Å². The van der Waals surface area contributed by atoms with Gasteiger partial charge in [0.15, 0.2) is 5.78 Å². The molecule has 1 aliphatic heterocycles. The SMILES string of the molecule is O=C(C1CC1)[C@H]1CCCN1. The Morgan fingerprint density at radius 2 is 2.10 bits per heavy atom. The fourth-order valence-corrected chi connectivity index (χ4v) is 1.58. The highest BCUT2D eigenvalue weighted by molar-refractivity contribution is 5.88. The van der Waals surface area contributed by atoms with Gasteiger partial charge < -0.3 is 5.32 Å². The molecule has 0 spiro atoms. The first-order valence-electron chi connectivity index (χ1n) is 4.15. The molecule has 2 rings (SSSR count). The second kappa shape index (κ2) is 2.35. The van der Waals surface area contributed by atoms with Gasteiger partial charge in [-0.05, 0) is 32.2 Å². The molecule has 1 saturated heterocycles. The van der Waals surface area contributed by atoms with Crippen molar-refractivity contribution >= 4 is 5.78 Å². The number of carbonyl (C=O) groups excluding carboxylic acids is 1. The molecule has 0 radical (unpaired) electrons. The number of carbonyl (C=O) groups is 1. The van der Waals surface area contributed by atoms with E-state index in [9.17, 15) is 4.79 Å². The van der Waals surface area contributed by atoms with Crippen LogP contribution in [0.1, 0.15) is 25.7 Å². The van der Waals surface area contributed by atoms with Crippen molar-refractivity contribution in [1.82, 2.24) is 5.32 Å². The molecule has 10 heavy (non-hydrogen) atoms.